The van der Waals surface area contributed by atoms with E-state index in [0.29, 0.717) is 0 Å². The van der Waals surface area contributed by atoms with Crippen molar-refractivity contribution in [2.45, 2.75) is 0 Å². The van der Waals surface area contributed by atoms with E-state index in [4.69, 9.17) is 4.74 Å². The first kappa shape index (κ1) is 11.7. The first-order chi connectivity index (χ1) is 8.25. The lowest BCUT2D eigenvalue weighted by molar-refractivity contribution is 0.123. The molecule has 1 fully saturated rings. The fraction of sp³-hybridized carbons (Fsp3) is 0.400. The van der Waals surface area contributed by atoms with Crippen molar-refractivity contribution in [1.29, 1.82) is 0 Å². The summed E-state index contributed by atoms with van der Waals surface area (Å²) in [5.74, 6) is 0. The normalized spacial score (nSPS) is 16.7. The third kappa shape index (κ3) is 2.15. The van der Waals surface area contributed by atoms with E-state index in [2.05, 4.69) is 53.5 Å². The highest BCUT2D eigenvalue weighted by molar-refractivity contribution is 14.1. The molecular formula is C10H10BrIN4O. The molecule has 1 aliphatic rings. The Balaban J connectivity index is 2.13. The Labute approximate surface area is 120 Å². The van der Waals surface area contributed by atoms with E-state index in [1.165, 1.54) is 0 Å². The maximum absolute atomic E-state index is 5.37. The Morgan fingerprint density at radius 3 is 2.88 bits per heavy atom. The molecule has 0 atom stereocenters. The fourth-order valence-corrected chi connectivity index (χ4v) is 2.78. The Morgan fingerprint density at radius 1 is 1.35 bits per heavy atom. The van der Waals surface area contributed by atoms with Crippen LogP contribution >= 0.6 is 38.5 Å². The molecule has 3 heterocycles. The molecule has 3 rings (SSSR count). The van der Waals surface area contributed by atoms with E-state index in [-0.39, 0.29) is 0 Å². The van der Waals surface area contributed by atoms with Crippen LogP contribution in [0.25, 0.3) is 5.65 Å². The third-order valence-electron chi connectivity index (χ3n) is 2.73. The Hall–Kier alpha value is -0.410. The summed E-state index contributed by atoms with van der Waals surface area (Å²) in [6.45, 7) is 3.33. The molecule has 2 aromatic heterocycles. The molecule has 90 valence electrons. The van der Waals surface area contributed by atoms with Gasteiger partial charge in [-0.3, -0.25) is 0 Å². The summed E-state index contributed by atoms with van der Waals surface area (Å²) < 4.78 is 9.06. The van der Waals surface area contributed by atoms with Crippen LogP contribution in [0, 0.1) is 3.70 Å². The SMILES string of the molecule is Brc1cc(N2CCOCC2)c2ncc(I)n2n1. The summed E-state index contributed by atoms with van der Waals surface area (Å²) >= 11 is 5.68. The lowest BCUT2D eigenvalue weighted by atomic mass is 10.3. The number of imidazole rings is 1. The van der Waals surface area contributed by atoms with Gasteiger partial charge in [-0.2, -0.15) is 5.10 Å². The molecule has 0 spiro atoms. The maximum atomic E-state index is 5.37. The van der Waals surface area contributed by atoms with Gasteiger partial charge in [0, 0.05) is 13.1 Å². The lowest BCUT2D eigenvalue weighted by Gasteiger charge is -2.28. The number of hydrogen-bond donors (Lipinski definition) is 0. The molecular weight excluding hydrogens is 399 g/mol. The van der Waals surface area contributed by atoms with Crippen molar-refractivity contribution in [2.24, 2.45) is 0 Å². The van der Waals surface area contributed by atoms with Gasteiger partial charge in [0.1, 0.15) is 8.30 Å². The largest absolute Gasteiger partial charge is 0.378 e. The predicted molar refractivity (Wildman–Crippen MR) is 76.4 cm³/mol. The number of halogens is 2. The number of ether oxygens (including phenoxy) is 1. The monoisotopic (exact) mass is 408 g/mol. The second-order valence-electron chi connectivity index (χ2n) is 3.77. The average Bonchev–Trinajstić information content (AvgIpc) is 2.72. The van der Waals surface area contributed by atoms with Crippen molar-refractivity contribution in [2.75, 3.05) is 31.2 Å². The second-order valence-corrected chi connectivity index (χ2v) is 5.69. The van der Waals surface area contributed by atoms with Gasteiger partial charge in [-0.25, -0.2) is 9.50 Å². The number of fused-ring (bicyclic) bond motifs is 1. The summed E-state index contributed by atoms with van der Waals surface area (Å²) in [5, 5.41) is 4.40. The average molecular weight is 409 g/mol. The Morgan fingerprint density at radius 2 is 2.12 bits per heavy atom. The van der Waals surface area contributed by atoms with Crippen molar-refractivity contribution < 1.29 is 4.74 Å². The van der Waals surface area contributed by atoms with Crippen LogP contribution in [0.5, 0.6) is 0 Å². The Bertz CT molecular complexity index is 552. The van der Waals surface area contributed by atoms with Crippen LogP contribution in [0.15, 0.2) is 16.9 Å². The second kappa shape index (κ2) is 4.69. The lowest BCUT2D eigenvalue weighted by Crippen LogP contribution is -2.36. The smallest absolute Gasteiger partial charge is 0.178 e. The molecule has 0 N–H and O–H groups in total. The van der Waals surface area contributed by atoms with E-state index in [0.717, 1.165) is 45.9 Å². The quantitative estimate of drug-likeness (QED) is 0.676. The number of nitrogens with zero attached hydrogens (tertiary/aromatic N) is 4. The summed E-state index contributed by atoms with van der Waals surface area (Å²) in [6, 6.07) is 2.02. The van der Waals surface area contributed by atoms with Gasteiger partial charge in [0.05, 0.1) is 25.1 Å². The molecule has 0 radical (unpaired) electrons. The van der Waals surface area contributed by atoms with Crippen LogP contribution in [0.1, 0.15) is 0 Å². The van der Waals surface area contributed by atoms with Crippen molar-refractivity contribution >= 4 is 49.9 Å². The highest BCUT2D eigenvalue weighted by atomic mass is 127. The van der Waals surface area contributed by atoms with Gasteiger partial charge in [0.2, 0.25) is 0 Å². The molecule has 7 heteroatoms. The summed E-state index contributed by atoms with van der Waals surface area (Å²) in [5.41, 5.74) is 2.01. The van der Waals surface area contributed by atoms with Crippen molar-refractivity contribution in [3.8, 4) is 0 Å². The zero-order chi connectivity index (χ0) is 11.8. The summed E-state index contributed by atoms with van der Waals surface area (Å²) in [4.78, 5) is 6.71. The van der Waals surface area contributed by atoms with Crippen LogP contribution in [0.4, 0.5) is 5.69 Å². The van der Waals surface area contributed by atoms with Crippen LogP contribution in [-0.2, 0) is 4.74 Å². The van der Waals surface area contributed by atoms with Crippen molar-refractivity contribution in [1.82, 2.24) is 14.6 Å². The highest BCUT2D eigenvalue weighted by Crippen LogP contribution is 2.25. The van der Waals surface area contributed by atoms with Gasteiger partial charge >= 0.3 is 0 Å². The van der Waals surface area contributed by atoms with E-state index < -0.39 is 0 Å². The van der Waals surface area contributed by atoms with E-state index >= 15 is 0 Å². The zero-order valence-electron chi connectivity index (χ0n) is 8.94. The van der Waals surface area contributed by atoms with E-state index in [1.807, 2.05) is 16.8 Å². The van der Waals surface area contributed by atoms with Gasteiger partial charge in [-0.1, -0.05) is 0 Å². The molecule has 0 unspecified atom stereocenters. The molecule has 5 nitrogen and oxygen atoms in total. The number of morpholine rings is 1. The topological polar surface area (TPSA) is 42.7 Å². The fourth-order valence-electron chi connectivity index (χ4n) is 1.93. The van der Waals surface area contributed by atoms with Crippen LogP contribution in [0.3, 0.4) is 0 Å². The highest BCUT2D eigenvalue weighted by Gasteiger charge is 2.17. The van der Waals surface area contributed by atoms with Crippen LogP contribution in [0.2, 0.25) is 0 Å². The molecule has 17 heavy (non-hydrogen) atoms. The summed E-state index contributed by atoms with van der Waals surface area (Å²) in [6.07, 6.45) is 1.83. The number of anilines is 1. The predicted octanol–water partition coefficient (Wildman–Crippen LogP) is 1.93. The molecule has 2 aromatic rings. The van der Waals surface area contributed by atoms with E-state index in [9.17, 15) is 0 Å². The van der Waals surface area contributed by atoms with Gasteiger partial charge in [0.15, 0.2) is 5.65 Å². The molecule has 0 saturated carbocycles. The number of aromatic nitrogens is 3. The number of rotatable bonds is 1. The standard InChI is InChI=1S/C10H10BrIN4O/c11-8-5-7(15-1-3-17-4-2-15)10-13-6-9(12)16(10)14-8/h5-6H,1-4H2. The maximum Gasteiger partial charge on any atom is 0.178 e. The van der Waals surface area contributed by atoms with Gasteiger partial charge in [0.25, 0.3) is 0 Å². The molecule has 0 bridgehead atoms. The minimum atomic E-state index is 0.768. The van der Waals surface area contributed by atoms with Gasteiger partial charge in [-0.15, -0.1) is 0 Å². The minimum Gasteiger partial charge on any atom is -0.378 e. The van der Waals surface area contributed by atoms with Crippen molar-refractivity contribution in [3.63, 3.8) is 0 Å². The van der Waals surface area contributed by atoms with Gasteiger partial charge in [-0.05, 0) is 44.6 Å². The third-order valence-corrected chi connectivity index (χ3v) is 3.85. The molecule has 0 aromatic carbocycles. The van der Waals surface area contributed by atoms with Gasteiger partial charge < -0.3 is 9.64 Å². The molecule has 0 aliphatic carbocycles. The first-order valence-corrected chi connectivity index (χ1v) is 7.15. The first-order valence-electron chi connectivity index (χ1n) is 5.28. The minimum absolute atomic E-state index is 0.768. The Kier molecular flexibility index (Phi) is 3.22. The van der Waals surface area contributed by atoms with Crippen molar-refractivity contribution in [3.05, 3.63) is 20.6 Å². The van der Waals surface area contributed by atoms with Crippen LogP contribution in [-0.4, -0.2) is 40.9 Å². The summed E-state index contributed by atoms with van der Waals surface area (Å²) in [7, 11) is 0. The van der Waals surface area contributed by atoms with E-state index in [1.54, 1.807) is 0 Å². The number of hydrogen-bond acceptors (Lipinski definition) is 4. The molecule has 0 amide bonds. The zero-order valence-corrected chi connectivity index (χ0v) is 12.7. The molecule has 1 aliphatic heterocycles. The van der Waals surface area contributed by atoms with Crippen LogP contribution < -0.4 is 4.90 Å². The molecule has 1 saturated heterocycles.